The number of hydrogen-bond donors (Lipinski definition) is 1. The van der Waals surface area contributed by atoms with E-state index in [2.05, 4.69) is 24.4 Å². The molecule has 1 aliphatic rings. The van der Waals surface area contributed by atoms with Crippen molar-refractivity contribution < 1.29 is 9.47 Å². The van der Waals surface area contributed by atoms with Gasteiger partial charge in [-0.2, -0.15) is 0 Å². The predicted molar refractivity (Wildman–Crippen MR) is 77.6 cm³/mol. The molecule has 1 saturated carbocycles. The lowest BCUT2D eigenvalue weighted by Crippen LogP contribution is -2.49. The van der Waals surface area contributed by atoms with E-state index in [9.17, 15) is 0 Å². The van der Waals surface area contributed by atoms with Crippen molar-refractivity contribution in [3.8, 4) is 0 Å². The summed E-state index contributed by atoms with van der Waals surface area (Å²) >= 11 is 5.90. The van der Waals surface area contributed by atoms with Gasteiger partial charge in [0.05, 0.1) is 6.04 Å². The van der Waals surface area contributed by atoms with Gasteiger partial charge in [-0.05, 0) is 43.4 Å². The molecule has 0 amide bonds. The average molecular weight is 284 g/mol. The number of hydrogen-bond acceptors (Lipinski definition) is 3. The Kier molecular flexibility index (Phi) is 5.22. The van der Waals surface area contributed by atoms with E-state index in [1.807, 2.05) is 12.1 Å². The Morgan fingerprint density at radius 1 is 1.16 bits per heavy atom. The van der Waals surface area contributed by atoms with Crippen LogP contribution in [0.15, 0.2) is 24.3 Å². The first-order chi connectivity index (χ1) is 9.13. The van der Waals surface area contributed by atoms with Gasteiger partial charge in [-0.15, -0.1) is 0 Å². The fourth-order valence-electron chi connectivity index (χ4n) is 2.72. The molecule has 106 valence electrons. The van der Waals surface area contributed by atoms with Crippen molar-refractivity contribution in [2.45, 2.75) is 44.1 Å². The number of benzene rings is 1. The molecule has 0 aliphatic heterocycles. The zero-order valence-corrected chi connectivity index (χ0v) is 12.5. The minimum Gasteiger partial charge on any atom is -0.354 e. The van der Waals surface area contributed by atoms with E-state index in [-0.39, 0.29) is 12.3 Å². The van der Waals surface area contributed by atoms with Gasteiger partial charge in [0.1, 0.15) is 0 Å². The van der Waals surface area contributed by atoms with Gasteiger partial charge in [-0.1, -0.05) is 23.7 Å². The maximum absolute atomic E-state index is 5.90. The summed E-state index contributed by atoms with van der Waals surface area (Å²) in [6, 6.07) is 8.92. The maximum Gasteiger partial charge on any atom is 0.171 e. The summed E-state index contributed by atoms with van der Waals surface area (Å²) in [5.74, 6) is 0.644. The molecule has 3 nitrogen and oxygen atoms in total. The highest BCUT2D eigenvalue weighted by atomic mass is 35.5. The van der Waals surface area contributed by atoms with Crippen LogP contribution in [0.2, 0.25) is 5.02 Å². The number of halogens is 1. The largest absolute Gasteiger partial charge is 0.354 e. The first kappa shape index (κ1) is 14.8. The lowest BCUT2D eigenvalue weighted by atomic mass is 9.75. The second kappa shape index (κ2) is 6.71. The molecule has 0 heterocycles. The van der Waals surface area contributed by atoms with E-state index < -0.39 is 0 Å². The van der Waals surface area contributed by atoms with Gasteiger partial charge in [0.2, 0.25) is 0 Å². The van der Waals surface area contributed by atoms with Gasteiger partial charge < -0.3 is 14.8 Å². The molecular weight excluding hydrogens is 262 g/mol. The van der Waals surface area contributed by atoms with Crippen molar-refractivity contribution in [2.75, 3.05) is 14.2 Å². The zero-order valence-electron chi connectivity index (χ0n) is 11.7. The van der Waals surface area contributed by atoms with E-state index in [4.69, 9.17) is 21.1 Å². The third kappa shape index (κ3) is 3.69. The Labute approximate surface area is 120 Å². The van der Waals surface area contributed by atoms with Gasteiger partial charge in [0.15, 0.2) is 6.29 Å². The SMILES string of the molecule is COC(OC)C(C)NC1CC(c2ccc(Cl)cc2)C1. The van der Waals surface area contributed by atoms with Crippen LogP contribution >= 0.6 is 11.6 Å². The minimum absolute atomic E-state index is 0.186. The molecule has 0 radical (unpaired) electrons. The molecule has 2 rings (SSSR count). The summed E-state index contributed by atoms with van der Waals surface area (Å²) < 4.78 is 10.5. The molecule has 1 unspecified atom stereocenters. The van der Waals surface area contributed by atoms with Crippen LogP contribution < -0.4 is 5.32 Å². The number of ether oxygens (including phenoxy) is 2. The van der Waals surface area contributed by atoms with Gasteiger partial charge >= 0.3 is 0 Å². The van der Waals surface area contributed by atoms with Crippen molar-refractivity contribution in [2.24, 2.45) is 0 Å². The van der Waals surface area contributed by atoms with Crippen LogP contribution in [0.5, 0.6) is 0 Å². The summed E-state index contributed by atoms with van der Waals surface area (Å²) in [6.07, 6.45) is 2.13. The van der Waals surface area contributed by atoms with Crippen LogP contribution in [0.25, 0.3) is 0 Å². The lowest BCUT2D eigenvalue weighted by Gasteiger charge is -2.39. The first-order valence-corrected chi connectivity index (χ1v) is 7.09. The van der Waals surface area contributed by atoms with Crippen molar-refractivity contribution in [3.05, 3.63) is 34.9 Å². The van der Waals surface area contributed by atoms with Crippen molar-refractivity contribution in [1.82, 2.24) is 5.32 Å². The summed E-state index contributed by atoms with van der Waals surface area (Å²) in [4.78, 5) is 0. The summed E-state index contributed by atoms with van der Waals surface area (Å²) in [5, 5.41) is 4.35. The Morgan fingerprint density at radius 3 is 2.26 bits per heavy atom. The molecule has 1 aromatic rings. The predicted octanol–water partition coefficient (Wildman–Crippen LogP) is 3.18. The fraction of sp³-hybridized carbons (Fsp3) is 0.600. The summed E-state index contributed by atoms with van der Waals surface area (Å²) in [6.45, 7) is 2.09. The zero-order chi connectivity index (χ0) is 13.8. The van der Waals surface area contributed by atoms with Crippen molar-refractivity contribution >= 4 is 11.6 Å². The Morgan fingerprint density at radius 2 is 1.74 bits per heavy atom. The van der Waals surface area contributed by atoms with Crippen molar-refractivity contribution in [1.29, 1.82) is 0 Å². The van der Waals surface area contributed by atoms with Crippen LogP contribution in [-0.2, 0) is 9.47 Å². The quantitative estimate of drug-likeness (QED) is 0.814. The molecule has 1 atom stereocenters. The normalized spacial score (nSPS) is 24.3. The first-order valence-electron chi connectivity index (χ1n) is 6.71. The van der Waals surface area contributed by atoms with Crippen LogP contribution in [0.3, 0.4) is 0 Å². The second-order valence-electron chi connectivity index (χ2n) is 5.21. The Balaban J connectivity index is 1.78. The van der Waals surface area contributed by atoms with Crippen LogP contribution in [-0.4, -0.2) is 32.6 Å². The van der Waals surface area contributed by atoms with Crippen LogP contribution in [0.4, 0.5) is 0 Å². The third-order valence-corrected chi connectivity index (χ3v) is 4.10. The molecule has 0 saturated heterocycles. The summed E-state index contributed by atoms with van der Waals surface area (Å²) in [5.41, 5.74) is 1.38. The molecule has 0 aromatic heterocycles. The minimum atomic E-state index is -0.186. The molecule has 1 aromatic carbocycles. The van der Waals surface area contributed by atoms with Gasteiger partial charge in [-0.25, -0.2) is 0 Å². The second-order valence-corrected chi connectivity index (χ2v) is 5.65. The average Bonchev–Trinajstić information content (AvgIpc) is 2.36. The highest BCUT2D eigenvalue weighted by molar-refractivity contribution is 6.30. The maximum atomic E-state index is 5.90. The van der Waals surface area contributed by atoms with Gasteiger partial charge in [0.25, 0.3) is 0 Å². The van der Waals surface area contributed by atoms with Crippen molar-refractivity contribution in [3.63, 3.8) is 0 Å². The van der Waals surface area contributed by atoms with Crippen LogP contribution in [0, 0.1) is 0 Å². The van der Waals surface area contributed by atoms with E-state index >= 15 is 0 Å². The molecule has 19 heavy (non-hydrogen) atoms. The molecule has 1 aliphatic carbocycles. The smallest absolute Gasteiger partial charge is 0.171 e. The molecule has 4 heteroatoms. The van der Waals surface area contributed by atoms with Gasteiger partial charge in [0, 0.05) is 25.3 Å². The molecular formula is C15H22ClNO2. The van der Waals surface area contributed by atoms with E-state index in [1.165, 1.54) is 5.56 Å². The number of rotatable bonds is 6. The number of methoxy groups -OCH3 is 2. The van der Waals surface area contributed by atoms with Crippen LogP contribution in [0.1, 0.15) is 31.2 Å². The monoisotopic (exact) mass is 283 g/mol. The fourth-order valence-corrected chi connectivity index (χ4v) is 2.84. The summed E-state index contributed by atoms with van der Waals surface area (Å²) in [7, 11) is 3.34. The van der Waals surface area contributed by atoms with Gasteiger partial charge in [-0.3, -0.25) is 0 Å². The number of nitrogens with one attached hydrogen (secondary N) is 1. The molecule has 0 bridgehead atoms. The highest BCUT2D eigenvalue weighted by Crippen LogP contribution is 2.37. The third-order valence-electron chi connectivity index (χ3n) is 3.85. The molecule has 0 spiro atoms. The topological polar surface area (TPSA) is 30.5 Å². The van der Waals surface area contributed by atoms with E-state index in [0.29, 0.717) is 12.0 Å². The Bertz CT molecular complexity index is 386. The standard InChI is InChI=1S/C15H22ClNO2/c1-10(15(18-2)19-3)17-14-8-12(9-14)11-4-6-13(16)7-5-11/h4-7,10,12,14-15,17H,8-9H2,1-3H3. The van der Waals surface area contributed by atoms with E-state index in [0.717, 1.165) is 17.9 Å². The lowest BCUT2D eigenvalue weighted by molar-refractivity contribution is -0.122. The Hall–Kier alpha value is -0.610. The highest BCUT2D eigenvalue weighted by Gasteiger charge is 2.32. The van der Waals surface area contributed by atoms with E-state index in [1.54, 1.807) is 14.2 Å². The molecule has 1 N–H and O–H groups in total. The molecule has 1 fully saturated rings.